The van der Waals surface area contributed by atoms with Gasteiger partial charge < -0.3 is 9.16 Å². The average Bonchev–Trinajstić information content (AvgIpc) is 2.72. The van der Waals surface area contributed by atoms with E-state index >= 15 is 0 Å². The molecule has 0 aromatic carbocycles. The highest BCUT2D eigenvalue weighted by Crippen LogP contribution is 2.42. The summed E-state index contributed by atoms with van der Waals surface area (Å²) in [6.07, 6.45) is 19.9. The van der Waals surface area contributed by atoms with E-state index in [1.165, 1.54) is 77.0 Å². The van der Waals surface area contributed by atoms with Gasteiger partial charge in [-0.25, -0.2) is 0 Å². The third kappa shape index (κ3) is 10.3. The SMILES string of the molecule is CCCCCCCCC1(CCCC(CCCCCCC)O[Si](C)(C)C(C)(C)C)COC1=O. The zero-order valence-electron chi connectivity index (χ0n) is 22.8. The quantitative estimate of drug-likeness (QED) is 0.108. The van der Waals surface area contributed by atoms with E-state index in [4.69, 9.17) is 9.16 Å². The minimum atomic E-state index is -1.78. The van der Waals surface area contributed by atoms with Crippen LogP contribution in [-0.4, -0.2) is 27.0 Å². The van der Waals surface area contributed by atoms with E-state index in [1.807, 2.05) is 0 Å². The maximum Gasteiger partial charge on any atom is 0.315 e. The smallest absolute Gasteiger partial charge is 0.315 e. The highest BCUT2D eigenvalue weighted by molar-refractivity contribution is 6.74. The number of rotatable bonds is 19. The van der Waals surface area contributed by atoms with E-state index in [0.717, 1.165) is 25.7 Å². The molecule has 0 aromatic heterocycles. The molecule has 1 rings (SSSR count). The minimum Gasteiger partial charge on any atom is -0.464 e. The van der Waals surface area contributed by atoms with Crippen LogP contribution in [0.3, 0.4) is 0 Å². The van der Waals surface area contributed by atoms with Crippen LogP contribution in [0.2, 0.25) is 18.1 Å². The Kier molecular flexibility index (Phi) is 13.7. The van der Waals surface area contributed by atoms with Crippen molar-refractivity contribution in [3.8, 4) is 0 Å². The molecule has 0 aromatic rings. The van der Waals surface area contributed by atoms with Gasteiger partial charge in [-0.1, -0.05) is 105 Å². The molecule has 1 heterocycles. The summed E-state index contributed by atoms with van der Waals surface area (Å²) < 4.78 is 12.1. The van der Waals surface area contributed by atoms with Crippen molar-refractivity contribution in [3.05, 3.63) is 0 Å². The summed E-state index contributed by atoms with van der Waals surface area (Å²) >= 11 is 0. The van der Waals surface area contributed by atoms with Gasteiger partial charge in [0.15, 0.2) is 8.32 Å². The zero-order chi connectivity index (χ0) is 24.1. The first-order chi connectivity index (χ1) is 15.1. The number of unbranched alkanes of at least 4 members (excludes halogenated alkanes) is 9. The zero-order valence-corrected chi connectivity index (χ0v) is 23.8. The molecule has 0 N–H and O–H groups in total. The Bertz CT molecular complexity index is 511. The van der Waals surface area contributed by atoms with Crippen molar-refractivity contribution in [1.82, 2.24) is 0 Å². The van der Waals surface area contributed by atoms with Crippen molar-refractivity contribution in [2.75, 3.05) is 6.61 Å². The van der Waals surface area contributed by atoms with E-state index < -0.39 is 8.32 Å². The lowest BCUT2D eigenvalue weighted by Gasteiger charge is -2.41. The maximum atomic E-state index is 12.4. The standard InChI is InChI=1S/C28H56O3Si/c1-8-10-12-14-16-18-22-28(24-30-26(28)29)23-19-21-25(20-17-15-13-11-9-2)31-32(6,7)27(3,4)5/h25H,8-24H2,1-7H3. The molecule has 0 amide bonds. The van der Waals surface area contributed by atoms with Gasteiger partial charge in [-0.3, -0.25) is 4.79 Å². The van der Waals surface area contributed by atoms with Crippen LogP contribution < -0.4 is 0 Å². The fourth-order valence-corrected chi connectivity index (χ4v) is 5.97. The lowest BCUT2D eigenvalue weighted by molar-refractivity contribution is -0.188. The molecule has 4 heteroatoms. The normalized spacial score (nSPS) is 20.2. The van der Waals surface area contributed by atoms with Gasteiger partial charge >= 0.3 is 5.97 Å². The number of cyclic esters (lactones) is 1. The number of esters is 1. The largest absolute Gasteiger partial charge is 0.464 e. The van der Waals surface area contributed by atoms with Gasteiger partial charge in [0.25, 0.3) is 0 Å². The summed E-state index contributed by atoms with van der Waals surface area (Å²) in [5.74, 6) is 0.0625. The molecule has 0 radical (unpaired) electrons. The summed E-state index contributed by atoms with van der Waals surface area (Å²) in [7, 11) is -1.78. The lowest BCUT2D eigenvalue weighted by Crippen LogP contribution is -2.48. The molecule has 1 aliphatic rings. The molecule has 0 aliphatic carbocycles. The minimum absolute atomic E-state index is 0.0625. The molecular weight excluding hydrogens is 412 g/mol. The van der Waals surface area contributed by atoms with Gasteiger partial charge in [-0.15, -0.1) is 0 Å². The lowest BCUT2D eigenvalue weighted by atomic mass is 9.75. The second-order valence-electron chi connectivity index (χ2n) is 12.0. The predicted molar refractivity (Wildman–Crippen MR) is 141 cm³/mol. The maximum absolute atomic E-state index is 12.4. The topological polar surface area (TPSA) is 35.5 Å². The average molecular weight is 469 g/mol. The molecule has 32 heavy (non-hydrogen) atoms. The van der Waals surface area contributed by atoms with Crippen LogP contribution in [-0.2, 0) is 14.0 Å². The second kappa shape index (κ2) is 14.8. The van der Waals surface area contributed by atoms with Crippen molar-refractivity contribution in [2.45, 2.75) is 162 Å². The summed E-state index contributed by atoms with van der Waals surface area (Å²) in [5, 5.41) is 0.240. The van der Waals surface area contributed by atoms with Crippen LogP contribution in [0.25, 0.3) is 0 Å². The first-order valence-electron chi connectivity index (χ1n) is 13.9. The molecule has 3 nitrogen and oxygen atoms in total. The van der Waals surface area contributed by atoms with Crippen molar-refractivity contribution < 1.29 is 14.0 Å². The number of carbonyl (C=O) groups excluding carboxylic acids is 1. The van der Waals surface area contributed by atoms with E-state index in [0.29, 0.717) is 12.7 Å². The second-order valence-corrected chi connectivity index (χ2v) is 16.7. The Balaban J connectivity index is 2.54. The molecule has 2 atom stereocenters. The summed E-state index contributed by atoms with van der Waals surface area (Å²) in [6, 6.07) is 0. The Morgan fingerprint density at radius 2 is 1.34 bits per heavy atom. The van der Waals surface area contributed by atoms with Crippen molar-refractivity contribution in [2.24, 2.45) is 5.41 Å². The molecule has 0 saturated carbocycles. The van der Waals surface area contributed by atoms with Gasteiger partial charge in [0.2, 0.25) is 0 Å². The van der Waals surface area contributed by atoms with E-state index in [1.54, 1.807) is 0 Å². The van der Waals surface area contributed by atoms with Crippen molar-refractivity contribution in [3.63, 3.8) is 0 Å². The molecule has 2 unspecified atom stereocenters. The Morgan fingerprint density at radius 3 is 1.84 bits per heavy atom. The van der Waals surface area contributed by atoms with Gasteiger partial charge in [-0.05, 0) is 50.2 Å². The summed E-state index contributed by atoms with van der Waals surface area (Å²) in [5.41, 5.74) is -0.187. The van der Waals surface area contributed by atoms with Crippen LogP contribution >= 0.6 is 0 Å². The van der Waals surface area contributed by atoms with E-state index in [9.17, 15) is 4.79 Å². The van der Waals surface area contributed by atoms with Crippen molar-refractivity contribution in [1.29, 1.82) is 0 Å². The molecule has 1 fully saturated rings. The van der Waals surface area contributed by atoms with Gasteiger partial charge in [0.1, 0.15) is 12.0 Å². The highest BCUT2D eigenvalue weighted by Gasteiger charge is 2.48. The van der Waals surface area contributed by atoms with Gasteiger partial charge in [0.05, 0.1) is 0 Å². The number of carbonyl (C=O) groups is 1. The molecule has 190 valence electrons. The van der Waals surface area contributed by atoms with E-state index in [2.05, 4.69) is 47.7 Å². The van der Waals surface area contributed by atoms with Gasteiger partial charge in [-0.2, -0.15) is 0 Å². The predicted octanol–water partition coefficient (Wildman–Crippen LogP) is 9.20. The van der Waals surface area contributed by atoms with Crippen LogP contribution in [0.1, 0.15) is 137 Å². The van der Waals surface area contributed by atoms with Crippen molar-refractivity contribution >= 4 is 14.3 Å². The van der Waals surface area contributed by atoms with E-state index in [-0.39, 0.29) is 16.4 Å². The number of hydrogen-bond donors (Lipinski definition) is 0. The number of ether oxygens (including phenoxy) is 1. The fraction of sp³-hybridized carbons (Fsp3) is 0.964. The van der Waals surface area contributed by atoms with Crippen LogP contribution in [0.4, 0.5) is 0 Å². The molecule has 0 bridgehead atoms. The third-order valence-electron chi connectivity index (χ3n) is 8.00. The Hall–Kier alpha value is -0.353. The summed E-state index contributed by atoms with van der Waals surface area (Å²) in [4.78, 5) is 12.4. The molecule has 1 aliphatic heterocycles. The molecule has 1 saturated heterocycles. The number of hydrogen-bond acceptors (Lipinski definition) is 3. The van der Waals surface area contributed by atoms with Crippen LogP contribution in [0, 0.1) is 5.41 Å². The Labute approximate surface area is 201 Å². The highest BCUT2D eigenvalue weighted by atomic mass is 28.4. The molecule has 0 spiro atoms. The van der Waals surface area contributed by atoms with Crippen LogP contribution in [0.15, 0.2) is 0 Å². The first kappa shape index (κ1) is 29.7. The van der Waals surface area contributed by atoms with Crippen LogP contribution in [0.5, 0.6) is 0 Å². The molecular formula is C28H56O3Si. The third-order valence-corrected chi connectivity index (χ3v) is 12.5. The summed E-state index contributed by atoms with van der Waals surface area (Å²) in [6.45, 7) is 16.9. The Morgan fingerprint density at radius 1 is 0.844 bits per heavy atom. The monoisotopic (exact) mass is 468 g/mol. The fourth-order valence-electron chi connectivity index (χ4n) is 4.55. The first-order valence-corrected chi connectivity index (χ1v) is 16.8. The van der Waals surface area contributed by atoms with Gasteiger partial charge in [0, 0.05) is 6.10 Å².